The molecule has 212 valence electrons. The number of halogens is 2. The largest absolute Gasteiger partial charge is 0.345 e. The molecule has 0 radical (unpaired) electrons. The third-order valence-corrected chi connectivity index (χ3v) is 9.65. The van der Waals surface area contributed by atoms with Crippen LogP contribution in [0.1, 0.15) is 69.1 Å². The summed E-state index contributed by atoms with van der Waals surface area (Å²) in [5.74, 6) is -0.0268. The van der Waals surface area contributed by atoms with Crippen molar-refractivity contribution in [2.45, 2.75) is 44.6 Å². The van der Waals surface area contributed by atoms with Crippen molar-refractivity contribution in [2.24, 2.45) is 5.41 Å². The van der Waals surface area contributed by atoms with E-state index < -0.39 is 0 Å². The Balaban J connectivity index is 1.07. The van der Waals surface area contributed by atoms with Crippen LogP contribution in [-0.4, -0.2) is 53.7 Å². The lowest BCUT2D eigenvalue weighted by atomic mass is 9.77. The maximum Gasteiger partial charge on any atom is 0.253 e. The summed E-state index contributed by atoms with van der Waals surface area (Å²) in [6, 6.07) is 20.2. The van der Waals surface area contributed by atoms with E-state index in [1.165, 1.54) is 5.56 Å². The lowest BCUT2D eigenvalue weighted by Crippen LogP contribution is -2.45. The molecule has 2 saturated heterocycles. The molecule has 0 bridgehead atoms. The van der Waals surface area contributed by atoms with Crippen LogP contribution in [-0.2, 0) is 17.6 Å². The molecule has 0 saturated carbocycles. The Morgan fingerprint density at radius 2 is 1.59 bits per heavy atom. The predicted molar refractivity (Wildman–Crippen MR) is 160 cm³/mol. The second-order valence-corrected chi connectivity index (χ2v) is 12.5. The molecule has 41 heavy (non-hydrogen) atoms. The SMILES string of the molecule is O=C(NC1CCc2ccc(C(=O)N3CCC4(CCN(C(=O)Cc5ccc(Cl)cc5)CC4)C3)cc21)c1ccccc1Cl. The van der Waals surface area contributed by atoms with Gasteiger partial charge >= 0.3 is 0 Å². The van der Waals surface area contributed by atoms with Crippen molar-refractivity contribution >= 4 is 40.9 Å². The Kier molecular flexibility index (Phi) is 7.80. The minimum atomic E-state index is -0.204. The monoisotopic (exact) mass is 589 g/mol. The number of piperidine rings is 1. The van der Waals surface area contributed by atoms with Crippen LogP contribution >= 0.6 is 23.2 Å². The number of fused-ring (bicyclic) bond motifs is 1. The van der Waals surface area contributed by atoms with Gasteiger partial charge in [0, 0.05) is 36.8 Å². The van der Waals surface area contributed by atoms with Crippen LogP contribution in [0.3, 0.4) is 0 Å². The van der Waals surface area contributed by atoms with Gasteiger partial charge in [-0.25, -0.2) is 0 Å². The molecule has 2 heterocycles. The van der Waals surface area contributed by atoms with Crippen molar-refractivity contribution < 1.29 is 14.4 Å². The zero-order chi connectivity index (χ0) is 28.6. The number of carbonyl (C=O) groups excluding carboxylic acids is 3. The van der Waals surface area contributed by atoms with Crippen molar-refractivity contribution in [3.05, 3.63) is 105 Å². The number of benzene rings is 3. The highest BCUT2D eigenvalue weighted by molar-refractivity contribution is 6.33. The van der Waals surface area contributed by atoms with E-state index in [1.54, 1.807) is 24.3 Å². The number of hydrogen-bond acceptors (Lipinski definition) is 3. The van der Waals surface area contributed by atoms with E-state index in [9.17, 15) is 14.4 Å². The summed E-state index contributed by atoms with van der Waals surface area (Å²) in [5, 5.41) is 4.21. The molecule has 2 aliphatic heterocycles. The van der Waals surface area contributed by atoms with Crippen LogP contribution in [0.4, 0.5) is 0 Å². The highest BCUT2D eigenvalue weighted by Gasteiger charge is 2.43. The number of aryl methyl sites for hydroxylation is 1. The quantitative estimate of drug-likeness (QED) is 0.390. The molecule has 1 N–H and O–H groups in total. The first kappa shape index (κ1) is 27.8. The summed E-state index contributed by atoms with van der Waals surface area (Å²) in [4.78, 5) is 43.3. The molecule has 3 aromatic rings. The number of nitrogens with zero attached hydrogens (tertiary/aromatic N) is 2. The van der Waals surface area contributed by atoms with Crippen molar-refractivity contribution in [3.8, 4) is 0 Å². The summed E-state index contributed by atoms with van der Waals surface area (Å²) in [6.45, 7) is 2.89. The zero-order valence-corrected chi connectivity index (χ0v) is 24.4. The second kappa shape index (κ2) is 11.5. The predicted octanol–water partition coefficient (Wildman–Crippen LogP) is 6.11. The number of likely N-dealkylation sites (tertiary alicyclic amines) is 2. The average Bonchev–Trinajstić information content (AvgIpc) is 3.58. The molecular weight excluding hydrogens is 557 g/mol. The lowest BCUT2D eigenvalue weighted by Gasteiger charge is -2.39. The summed E-state index contributed by atoms with van der Waals surface area (Å²) in [7, 11) is 0. The lowest BCUT2D eigenvalue weighted by molar-refractivity contribution is -0.132. The van der Waals surface area contributed by atoms with Crippen molar-refractivity contribution in [3.63, 3.8) is 0 Å². The van der Waals surface area contributed by atoms with Crippen LogP contribution in [0, 0.1) is 5.41 Å². The molecule has 1 atom stereocenters. The van der Waals surface area contributed by atoms with Crippen molar-refractivity contribution in [2.75, 3.05) is 26.2 Å². The van der Waals surface area contributed by atoms with E-state index in [0.29, 0.717) is 27.6 Å². The molecule has 0 aromatic heterocycles. The standard InChI is InChI=1S/C33H33Cl2N3O3/c34-25-10-5-22(6-11-25)19-30(39)37-16-13-33(14-17-37)15-18-38(21-33)32(41)24-8-7-23-9-12-29(27(23)20-24)36-31(40)26-3-1-2-4-28(26)35/h1-8,10-11,20,29H,9,12-19,21H2,(H,36,40). The van der Waals surface area contributed by atoms with Crippen LogP contribution < -0.4 is 5.32 Å². The topological polar surface area (TPSA) is 69.7 Å². The molecule has 6 nitrogen and oxygen atoms in total. The van der Waals surface area contributed by atoms with Gasteiger partial charge in [0.15, 0.2) is 0 Å². The smallest absolute Gasteiger partial charge is 0.253 e. The fourth-order valence-electron chi connectivity index (χ4n) is 6.58. The van der Waals surface area contributed by atoms with E-state index in [2.05, 4.69) is 5.32 Å². The Morgan fingerprint density at radius 1 is 0.878 bits per heavy atom. The molecule has 1 unspecified atom stereocenters. The zero-order valence-electron chi connectivity index (χ0n) is 22.9. The first-order chi connectivity index (χ1) is 19.8. The van der Waals surface area contributed by atoms with Crippen LogP contribution in [0.25, 0.3) is 0 Å². The van der Waals surface area contributed by atoms with E-state index in [-0.39, 0.29) is 29.2 Å². The summed E-state index contributed by atoms with van der Waals surface area (Å²) in [5.41, 5.74) is 4.33. The number of nitrogens with one attached hydrogen (secondary N) is 1. The first-order valence-corrected chi connectivity index (χ1v) is 15.1. The van der Waals surface area contributed by atoms with Gasteiger partial charge in [-0.3, -0.25) is 14.4 Å². The van der Waals surface area contributed by atoms with Gasteiger partial charge in [0.1, 0.15) is 0 Å². The molecular formula is C33H33Cl2N3O3. The van der Waals surface area contributed by atoms with E-state index in [1.807, 2.05) is 52.3 Å². The van der Waals surface area contributed by atoms with Gasteiger partial charge in [-0.15, -0.1) is 0 Å². The van der Waals surface area contributed by atoms with Gasteiger partial charge in [-0.2, -0.15) is 0 Å². The summed E-state index contributed by atoms with van der Waals surface area (Å²) in [6.07, 6.45) is 4.81. The number of rotatable bonds is 5. The van der Waals surface area contributed by atoms with Crippen LogP contribution in [0.15, 0.2) is 66.7 Å². The molecule has 3 aliphatic rings. The number of amides is 3. The first-order valence-electron chi connectivity index (χ1n) is 14.3. The molecule has 3 amide bonds. The maximum absolute atomic E-state index is 13.6. The van der Waals surface area contributed by atoms with Gasteiger partial charge < -0.3 is 15.1 Å². The van der Waals surface area contributed by atoms with Crippen LogP contribution in [0.5, 0.6) is 0 Å². The van der Waals surface area contributed by atoms with Crippen LogP contribution in [0.2, 0.25) is 10.0 Å². The molecule has 8 heteroatoms. The normalized spacial score (nSPS) is 19.3. The van der Waals surface area contributed by atoms with Gasteiger partial charge in [0.2, 0.25) is 5.91 Å². The van der Waals surface area contributed by atoms with E-state index in [0.717, 1.165) is 69.4 Å². The van der Waals surface area contributed by atoms with Gasteiger partial charge in [-0.05, 0) is 90.6 Å². The van der Waals surface area contributed by atoms with Gasteiger partial charge in [0.25, 0.3) is 11.8 Å². The Morgan fingerprint density at radius 3 is 2.32 bits per heavy atom. The van der Waals surface area contributed by atoms with E-state index >= 15 is 0 Å². The van der Waals surface area contributed by atoms with Gasteiger partial charge in [0.05, 0.1) is 23.0 Å². The molecule has 2 fully saturated rings. The Labute approximate surface area is 250 Å². The third kappa shape index (κ3) is 5.86. The Hall–Kier alpha value is -3.35. The van der Waals surface area contributed by atoms with Crippen molar-refractivity contribution in [1.82, 2.24) is 15.1 Å². The summed E-state index contributed by atoms with van der Waals surface area (Å²) >= 11 is 12.2. The third-order valence-electron chi connectivity index (χ3n) is 9.07. The molecule has 1 spiro atoms. The summed E-state index contributed by atoms with van der Waals surface area (Å²) < 4.78 is 0. The average molecular weight is 591 g/mol. The fourth-order valence-corrected chi connectivity index (χ4v) is 6.93. The minimum absolute atomic E-state index is 0.0361. The van der Waals surface area contributed by atoms with E-state index in [4.69, 9.17) is 23.2 Å². The Bertz CT molecular complexity index is 1480. The fraction of sp³-hybridized carbons (Fsp3) is 0.364. The highest BCUT2D eigenvalue weighted by atomic mass is 35.5. The second-order valence-electron chi connectivity index (χ2n) is 11.6. The maximum atomic E-state index is 13.6. The molecule has 6 rings (SSSR count). The molecule has 1 aliphatic carbocycles. The highest BCUT2D eigenvalue weighted by Crippen LogP contribution is 2.41. The number of hydrogen-bond donors (Lipinski definition) is 1. The number of carbonyl (C=O) groups is 3. The van der Waals surface area contributed by atoms with Crippen molar-refractivity contribution in [1.29, 1.82) is 0 Å². The minimum Gasteiger partial charge on any atom is -0.345 e. The van der Waals surface area contributed by atoms with Gasteiger partial charge in [-0.1, -0.05) is 53.5 Å². The molecule has 3 aromatic carbocycles.